The highest BCUT2D eigenvalue weighted by molar-refractivity contribution is 5.94. The molecule has 2 aromatic carbocycles. The van der Waals surface area contributed by atoms with Gasteiger partial charge in [-0.1, -0.05) is 42.0 Å². The summed E-state index contributed by atoms with van der Waals surface area (Å²) in [4.78, 5) is 24.4. The first-order chi connectivity index (χ1) is 13.3. The van der Waals surface area contributed by atoms with Crippen molar-refractivity contribution in [2.75, 3.05) is 6.54 Å². The van der Waals surface area contributed by atoms with E-state index < -0.39 is 30.8 Å². The molecule has 0 bridgehead atoms. The number of benzene rings is 2. The Morgan fingerprint density at radius 2 is 1.79 bits per heavy atom. The largest absolute Gasteiger partial charge is 0.351 e. The fraction of sp³-hybridized carbons (Fsp3) is 0.333. The lowest BCUT2D eigenvalue weighted by atomic mass is 10.1. The first-order valence-electron chi connectivity index (χ1n) is 9.14. The molecule has 5 nitrogen and oxygen atoms in total. The van der Waals surface area contributed by atoms with Gasteiger partial charge in [-0.2, -0.15) is 0 Å². The van der Waals surface area contributed by atoms with Gasteiger partial charge in [0.05, 0.1) is 12.6 Å². The van der Waals surface area contributed by atoms with Crippen molar-refractivity contribution >= 4 is 11.8 Å². The number of nitrogens with one attached hydrogen (secondary N) is 3. The first kappa shape index (κ1) is 19.9. The zero-order chi connectivity index (χ0) is 20.1. The van der Waals surface area contributed by atoms with Gasteiger partial charge in [-0.3, -0.25) is 14.9 Å². The molecule has 1 unspecified atom stereocenters. The van der Waals surface area contributed by atoms with Crippen molar-refractivity contribution in [3.8, 4) is 0 Å². The van der Waals surface area contributed by atoms with Gasteiger partial charge in [0.1, 0.15) is 0 Å². The molecule has 0 aromatic heterocycles. The second-order valence-corrected chi connectivity index (χ2v) is 7.08. The Kier molecular flexibility index (Phi) is 6.04. The van der Waals surface area contributed by atoms with Gasteiger partial charge in [-0.15, -0.1) is 0 Å². The highest BCUT2D eigenvalue weighted by atomic mass is 19.3. The smallest absolute Gasteiger partial charge is 0.262 e. The maximum Gasteiger partial charge on any atom is 0.262 e. The van der Waals surface area contributed by atoms with E-state index in [-0.39, 0.29) is 12.5 Å². The molecule has 3 rings (SSSR count). The van der Waals surface area contributed by atoms with E-state index in [1.54, 1.807) is 24.3 Å². The fourth-order valence-corrected chi connectivity index (χ4v) is 3.03. The van der Waals surface area contributed by atoms with Crippen LogP contribution in [0.2, 0.25) is 0 Å². The van der Waals surface area contributed by atoms with Crippen LogP contribution in [0.3, 0.4) is 0 Å². The van der Waals surface area contributed by atoms with Crippen LogP contribution in [0.15, 0.2) is 48.5 Å². The van der Waals surface area contributed by atoms with E-state index in [1.807, 2.05) is 31.2 Å². The van der Waals surface area contributed by atoms with Crippen molar-refractivity contribution in [3.63, 3.8) is 0 Å². The molecule has 28 heavy (non-hydrogen) atoms. The zero-order valence-corrected chi connectivity index (χ0v) is 15.6. The number of halogens is 2. The average Bonchev–Trinajstić information content (AvgIpc) is 3.05. The molecule has 0 spiro atoms. The molecular formula is C21H23F2N3O2. The predicted molar refractivity (Wildman–Crippen MR) is 102 cm³/mol. The minimum absolute atomic E-state index is 0.168. The molecule has 148 valence electrons. The van der Waals surface area contributed by atoms with Crippen molar-refractivity contribution in [1.82, 2.24) is 16.0 Å². The monoisotopic (exact) mass is 387 g/mol. The number of carbonyl (C=O) groups excluding carboxylic acids is 2. The van der Waals surface area contributed by atoms with Crippen LogP contribution in [-0.4, -0.2) is 30.3 Å². The summed E-state index contributed by atoms with van der Waals surface area (Å²) in [6.45, 7) is 2.10. The van der Waals surface area contributed by atoms with E-state index in [9.17, 15) is 18.4 Å². The number of hydrogen-bond donors (Lipinski definition) is 3. The molecule has 0 radical (unpaired) electrons. The summed E-state index contributed by atoms with van der Waals surface area (Å²) >= 11 is 0. The minimum atomic E-state index is -2.85. The third kappa shape index (κ3) is 5.36. The summed E-state index contributed by atoms with van der Waals surface area (Å²) in [5.74, 6) is -3.53. The Morgan fingerprint density at radius 1 is 1.07 bits per heavy atom. The van der Waals surface area contributed by atoms with E-state index >= 15 is 0 Å². The Labute approximate surface area is 162 Å². The lowest BCUT2D eigenvalue weighted by molar-refractivity contribution is -0.123. The molecule has 1 saturated heterocycles. The van der Waals surface area contributed by atoms with Gasteiger partial charge in [-0.05, 0) is 30.2 Å². The third-order valence-corrected chi connectivity index (χ3v) is 4.66. The van der Waals surface area contributed by atoms with E-state index in [0.717, 1.165) is 16.7 Å². The van der Waals surface area contributed by atoms with Gasteiger partial charge >= 0.3 is 0 Å². The maximum absolute atomic E-state index is 13.2. The lowest BCUT2D eigenvalue weighted by Crippen LogP contribution is -2.40. The zero-order valence-electron chi connectivity index (χ0n) is 15.6. The highest BCUT2D eigenvalue weighted by Crippen LogP contribution is 2.25. The molecule has 0 aliphatic carbocycles. The fourth-order valence-electron chi connectivity index (χ4n) is 3.03. The summed E-state index contributed by atoms with van der Waals surface area (Å²) in [6, 6.07) is 13.9. The maximum atomic E-state index is 13.2. The number of rotatable bonds is 6. The third-order valence-electron chi connectivity index (χ3n) is 4.66. The van der Waals surface area contributed by atoms with Crippen molar-refractivity contribution in [2.24, 2.45) is 0 Å². The number of carbonyl (C=O) groups is 2. The van der Waals surface area contributed by atoms with Crippen molar-refractivity contribution < 1.29 is 18.4 Å². The Balaban J connectivity index is 1.52. The Hall–Kier alpha value is -2.80. The van der Waals surface area contributed by atoms with E-state index in [4.69, 9.17) is 0 Å². The molecule has 0 saturated carbocycles. The molecule has 1 aliphatic heterocycles. The summed E-state index contributed by atoms with van der Waals surface area (Å²) in [5, 5.41) is 8.02. The Morgan fingerprint density at radius 3 is 2.46 bits per heavy atom. The predicted octanol–water partition coefficient (Wildman–Crippen LogP) is 2.54. The van der Waals surface area contributed by atoms with Crippen LogP contribution >= 0.6 is 0 Å². The minimum Gasteiger partial charge on any atom is -0.351 e. The molecule has 1 fully saturated rings. The van der Waals surface area contributed by atoms with E-state index in [0.29, 0.717) is 12.1 Å². The second kappa shape index (κ2) is 8.48. The molecule has 7 heteroatoms. The molecule has 1 aliphatic rings. The SMILES string of the molecule is Cc1ccc(CNC(=O)c2cccc(CNC(=O)C3CC(F)(F)CN3)c2)cc1. The van der Waals surface area contributed by atoms with Gasteiger partial charge in [0.25, 0.3) is 11.8 Å². The molecule has 2 amide bonds. The molecule has 2 aromatic rings. The number of amides is 2. The number of hydrogen-bond acceptors (Lipinski definition) is 3. The molecular weight excluding hydrogens is 364 g/mol. The molecule has 1 heterocycles. The van der Waals surface area contributed by atoms with E-state index in [1.165, 1.54) is 0 Å². The summed E-state index contributed by atoms with van der Waals surface area (Å²) in [7, 11) is 0. The van der Waals surface area contributed by atoms with Gasteiger partial charge in [0.15, 0.2) is 0 Å². The normalized spacial score (nSPS) is 17.9. The van der Waals surface area contributed by atoms with Crippen LogP contribution in [0.5, 0.6) is 0 Å². The topological polar surface area (TPSA) is 70.2 Å². The van der Waals surface area contributed by atoms with Crippen LogP contribution in [0.1, 0.15) is 33.5 Å². The van der Waals surface area contributed by atoms with Crippen LogP contribution < -0.4 is 16.0 Å². The van der Waals surface area contributed by atoms with Crippen molar-refractivity contribution in [3.05, 3.63) is 70.8 Å². The van der Waals surface area contributed by atoms with E-state index in [2.05, 4.69) is 16.0 Å². The Bertz CT molecular complexity index is 853. The summed E-state index contributed by atoms with van der Waals surface area (Å²) < 4.78 is 26.4. The number of alkyl halides is 2. The first-order valence-corrected chi connectivity index (χ1v) is 9.14. The van der Waals surface area contributed by atoms with Crippen molar-refractivity contribution in [1.29, 1.82) is 0 Å². The quantitative estimate of drug-likeness (QED) is 0.714. The standard InChI is InChI=1S/C21H23F2N3O2/c1-14-5-7-15(8-6-14)11-24-19(27)17-4-2-3-16(9-17)12-25-20(28)18-10-21(22,23)13-26-18/h2-9,18,26H,10-13H2,1H3,(H,24,27)(H,25,28). The van der Waals surface area contributed by atoms with Gasteiger partial charge in [0.2, 0.25) is 5.91 Å². The van der Waals surface area contributed by atoms with Crippen LogP contribution in [0.25, 0.3) is 0 Å². The summed E-state index contributed by atoms with van der Waals surface area (Å²) in [5.41, 5.74) is 3.36. The van der Waals surface area contributed by atoms with Gasteiger partial charge in [0, 0.05) is 25.1 Å². The van der Waals surface area contributed by atoms with Gasteiger partial charge in [-0.25, -0.2) is 8.78 Å². The second-order valence-electron chi connectivity index (χ2n) is 7.08. The number of aryl methyl sites for hydroxylation is 1. The molecule has 1 atom stereocenters. The van der Waals surface area contributed by atoms with Crippen molar-refractivity contribution in [2.45, 2.75) is 38.4 Å². The summed E-state index contributed by atoms with van der Waals surface area (Å²) in [6.07, 6.45) is -0.500. The van der Waals surface area contributed by atoms with Crippen LogP contribution in [0.4, 0.5) is 8.78 Å². The highest BCUT2D eigenvalue weighted by Gasteiger charge is 2.42. The average molecular weight is 387 g/mol. The van der Waals surface area contributed by atoms with Crippen LogP contribution in [0, 0.1) is 6.92 Å². The van der Waals surface area contributed by atoms with Crippen LogP contribution in [-0.2, 0) is 17.9 Å². The van der Waals surface area contributed by atoms with Gasteiger partial charge < -0.3 is 10.6 Å². The lowest BCUT2D eigenvalue weighted by Gasteiger charge is -2.12. The molecule has 3 N–H and O–H groups in total.